The van der Waals surface area contributed by atoms with Crippen molar-refractivity contribution in [3.8, 4) is 12.1 Å². The van der Waals surface area contributed by atoms with Crippen LogP contribution >= 0.6 is 0 Å². The molecule has 2 amide bonds. The third-order valence-corrected chi connectivity index (χ3v) is 3.82. The predicted octanol–water partition coefficient (Wildman–Crippen LogP) is 1.51. The van der Waals surface area contributed by atoms with E-state index in [1.807, 2.05) is 12.1 Å². The van der Waals surface area contributed by atoms with E-state index in [0.717, 1.165) is 13.0 Å². The summed E-state index contributed by atoms with van der Waals surface area (Å²) in [4.78, 5) is 25.3. The second-order valence-electron chi connectivity index (χ2n) is 5.60. The summed E-state index contributed by atoms with van der Waals surface area (Å²) >= 11 is 0. The minimum Gasteiger partial charge on any atom is -0.360 e. The van der Waals surface area contributed by atoms with E-state index in [2.05, 4.69) is 10.6 Å². The summed E-state index contributed by atoms with van der Waals surface area (Å²) in [5, 5.41) is 23.4. The van der Waals surface area contributed by atoms with Gasteiger partial charge in [0.1, 0.15) is 11.6 Å². The molecule has 7 nitrogen and oxygen atoms in total. The number of benzene rings is 1. The standard InChI is InChI=1S/C18H19N5O2/c19-11-14-4-6-16(7-5-14)22-13-15(12-20)18(25)21-8-2-10-23-9-1-3-17(23)24/h4-7,13,22H,1-3,8-10H2,(H,21,25)/b15-13-. The number of nitriles is 2. The fourth-order valence-corrected chi connectivity index (χ4v) is 2.45. The van der Waals surface area contributed by atoms with E-state index in [0.29, 0.717) is 37.2 Å². The summed E-state index contributed by atoms with van der Waals surface area (Å²) in [7, 11) is 0. The van der Waals surface area contributed by atoms with Crippen LogP contribution in [0.3, 0.4) is 0 Å². The van der Waals surface area contributed by atoms with Gasteiger partial charge in [-0.1, -0.05) is 0 Å². The van der Waals surface area contributed by atoms with E-state index in [4.69, 9.17) is 10.5 Å². The highest BCUT2D eigenvalue weighted by atomic mass is 16.2. The Morgan fingerprint density at radius 1 is 1.28 bits per heavy atom. The normalized spacial score (nSPS) is 13.9. The van der Waals surface area contributed by atoms with Crippen molar-refractivity contribution in [3.05, 3.63) is 41.6 Å². The van der Waals surface area contributed by atoms with Gasteiger partial charge in [0.15, 0.2) is 0 Å². The van der Waals surface area contributed by atoms with Crippen LogP contribution in [-0.2, 0) is 9.59 Å². The fourth-order valence-electron chi connectivity index (χ4n) is 2.45. The van der Waals surface area contributed by atoms with Gasteiger partial charge in [-0.15, -0.1) is 0 Å². The topological polar surface area (TPSA) is 109 Å². The Hall–Kier alpha value is -3.32. The number of rotatable bonds is 7. The van der Waals surface area contributed by atoms with Crippen LogP contribution in [-0.4, -0.2) is 36.3 Å². The number of likely N-dealkylation sites (tertiary alicyclic amines) is 1. The molecule has 128 valence electrons. The molecule has 0 unspecified atom stereocenters. The first-order chi connectivity index (χ1) is 12.1. The Kier molecular flexibility index (Phi) is 6.56. The van der Waals surface area contributed by atoms with E-state index in [1.54, 1.807) is 29.2 Å². The molecule has 0 aliphatic carbocycles. The Balaban J connectivity index is 1.78. The van der Waals surface area contributed by atoms with Gasteiger partial charge in [0.05, 0.1) is 11.6 Å². The smallest absolute Gasteiger partial charge is 0.263 e. The lowest BCUT2D eigenvalue weighted by atomic mass is 10.2. The molecule has 1 fully saturated rings. The summed E-state index contributed by atoms with van der Waals surface area (Å²) < 4.78 is 0. The summed E-state index contributed by atoms with van der Waals surface area (Å²) in [6, 6.07) is 10.5. The van der Waals surface area contributed by atoms with Crippen LogP contribution in [0.1, 0.15) is 24.8 Å². The van der Waals surface area contributed by atoms with E-state index < -0.39 is 5.91 Å². The average Bonchev–Trinajstić information content (AvgIpc) is 3.04. The molecule has 1 aliphatic heterocycles. The zero-order valence-electron chi connectivity index (χ0n) is 13.8. The number of anilines is 1. The number of hydrogen-bond donors (Lipinski definition) is 2. The van der Waals surface area contributed by atoms with E-state index in [-0.39, 0.29) is 11.5 Å². The molecule has 0 aromatic heterocycles. The van der Waals surface area contributed by atoms with Gasteiger partial charge in [-0.3, -0.25) is 9.59 Å². The maximum atomic E-state index is 12.0. The molecule has 25 heavy (non-hydrogen) atoms. The van der Waals surface area contributed by atoms with Crippen LogP contribution in [0, 0.1) is 22.7 Å². The lowest BCUT2D eigenvalue weighted by Gasteiger charge is -2.15. The first kappa shape index (κ1) is 18.0. The highest BCUT2D eigenvalue weighted by Gasteiger charge is 2.19. The van der Waals surface area contributed by atoms with Gasteiger partial charge in [-0.25, -0.2) is 0 Å². The number of hydrogen-bond acceptors (Lipinski definition) is 5. The second-order valence-corrected chi connectivity index (χ2v) is 5.60. The van der Waals surface area contributed by atoms with Gasteiger partial charge in [-0.2, -0.15) is 10.5 Å². The summed E-state index contributed by atoms with van der Waals surface area (Å²) in [6.45, 7) is 1.80. The molecule has 2 N–H and O–H groups in total. The van der Waals surface area contributed by atoms with Crippen molar-refractivity contribution in [1.82, 2.24) is 10.2 Å². The molecule has 1 aromatic carbocycles. The first-order valence-electron chi connectivity index (χ1n) is 8.07. The quantitative estimate of drug-likeness (QED) is 0.445. The fraction of sp³-hybridized carbons (Fsp3) is 0.333. The van der Waals surface area contributed by atoms with Crippen molar-refractivity contribution >= 4 is 17.5 Å². The highest BCUT2D eigenvalue weighted by molar-refractivity contribution is 5.97. The number of carbonyl (C=O) groups is 2. The van der Waals surface area contributed by atoms with Crippen molar-refractivity contribution in [2.75, 3.05) is 25.0 Å². The minimum atomic E-state index is -0.462. The van der Waals surface area contributed by atoms with E-state index in [9.17, 15) is 9.59 Å². The van der Waals surface area contributed by atoms with Gasteiger partial charge in [0.25, 0.3) is 5.91 Å². The zero-order chi connectivity index (χ0) is 18.1. The monoisotopic (exact) mass is 337 g/mol. The van der Waals surface area contributed by atoms with Crippen molar-refractivity contribution in [3.63, 3.8) is 0 Å². The molecule has 1 aliphatic rings. The molecule has 7 heteroatoms. The minimum absolute atomic E-state index is 0.0402. The lowest BCUT2D eigenvalue weighted by Crippen LogP contribution is -2.31. The third-order valence-electron chi connectivity index (χ3n) is 3.82. The molecule has 2 rings (SSSR count). The van der Waals surface area contributed by atoms with Crippen LogP contribution in [0.2, 0.25) is 0 Å². The summed E-state index contributed by atoms with van der Waals surface area (Å²) in [6.07, 6.45) is 3.49. The molecule has 1 saturated heterocycles. The maximum Gasteiger partial charge on any atom is 0.263 e. The maximum absolute atomic E-state index is 12.0. The van der Waals surface area contributed by atoms with E-state index >= 15 is 0 Å². The Bertz CT molecular complexity index is 740. The molecule has 0 bridgehead atoms. The lowest BCUT2D eigenvalue weighted by molar-refractivity contribution is -0.127. The molecular weight excluding hydrogens is 318 g/mol. The number of nitrogens with zero attached hydrogens (tertiary/aromatic N) is 3. The van der Waals surface area contributed by atoms with Gasteiger partial charge in [-0.05, 0) is 37.1 Å². The molecule has 0 radical (unpaired) electrons. The Morgan fingerprint density at radius 2 is 2.04 bits per heavy atom. The largest absolute Gasteiger partial charge is 0.360 e. The van der Waals surface area contributed by atoms with Gasteiger partial charge in [0, 0.05) is 37.9 Å². The zero-order valence-corrected chi connectivity index (χ0v) is 13.8. The number of amides is 2. The highest BCUT2D eigenvalue weighted by Crippen LogP contribution is 2.10. The first-order valence-corrected chi connectivity index (χ1v) is 8.07. The molecule has 1 heterocycles. The van der Waals surface area contributed by atoms with Crippen molar-refractivity contribution in [2.45, 2.75) is 19.3 Å². The van der Waals surface area contributed by atoms with Crippen LogP contribution in [0.25, 0.3) is 0 Å². The van der Waals surface area contributed by atoms with Gasteiger partial charge in [0.2, 0.25) is 5.91 Å². The molecule has 0 spiro atoms. The Morgan fingerprint density at radius 3 is 2.64 bits per heavy atom. The van der Waals surface area contributed by atoms with Crippen LogP contribution in [0.15, 0.2) is 36.0 Å². The Labute approximate surface area is 146 Å². The van der Waals surface area contributed by atoms with Crippen LogP contribution < -0.4 is 10.6 Å². The van der Waals surface area contributed by atoms with Crippen LogP contribution in [0.4, 0.5) is 5.69 Å². The SMILES string of the molecule is N#C/C(=C/Nc1ccc(C#N)cc1)C(=O)NCCCN1CCCC1=O. The van der Waals surface area contributed by atoms with Crippen LogP contribution in [0.5, 0.6) is 0 Å². The number of carbonyl (C=O) groups excluding carboxylic acids is 2. The second kappa shape index (κ2) is 9.09. The average molecular weight is 337 g/mol. The van der Waals surface area contributed by atoms with Crippen molar-refractivity contribution in [1.29, 1.82) is 10.5 Å². The van der Waals surface area contributed by atoms with Gasteiger partial charge < -0.3 is 15.5 Å². The summed E-state index contributed by atoms with van der Waals surface area (Å²) in [5.74, 6) is -0.299. The predicted molar refractivity (Wildman–Crippen MR) is 91.9 cm³/mol. The van der Waals surface area contributed by atoms with E-state index in [1.165, 1.54) is 6.20 Å². The third kappa shape index (κ3) is 5.36. The molecule has 0 atom stereocenters. The molecular formula is C18H19N5O2. The summed E-state index contributed by atoms with van der Waals surface area (Å²) in [5.41, 5.74) is 1.16. The molecule has 0 saturated carbocycles. The number of nitrogens with one attached hydrogen (secondary N) is 2. The van der Waals surface area contributed by atoms with Crippen molar-refractivity contribution in [2.24, 2.45) is 0 Å². The molecule has 1 aromatic rings. The van der Waals surface area contributed by atoms with Crippen molar-refractivity contribution < 1.29 is 9.59 Å². The van der Waals surface area contributed by atoms with Gasteiger partial charge >= 0.3 is 0 Å².